The van der Waals surface area contributed by atoms with Crippen molar-refractivity contribution in [2.24, 2.45) is 0 Å². The lowest BCUT2D eigenvalue weighted by molar-refractivity contribution is 0.275. The van der Waals surface area contributed by atoms with Gasteiger partial charge in [0.15, 0.2) is 0 Å². The van der Waals surface area contributed by atoms with Crippen LogP contribution in [-0.2, 0) is 13.0 Å². The second-order valence-corrected chi connectivity index (χ2v) is 4.27. The molecule has 17 heavy (non-hydrogen) atoms. The predicted molar refractivity (Wildman–Crippen MR) is 66.4 cm³/mol. The molecule has 0 aliphatic carbocycles. The fourth-order valence-corrected chi connectivity index (χ4v) is 2.09. The first-order chi connectivity index (χ1) is 8.17. The average Bonchev–Trinajstić information content (AvgIpc) is 2.71. The van der Waals surface area contributed by atoms with Gasteiger partial charge < -0.3 is 5.11 Å². The van der Waals surface area contributed by atoms with Crippen LogP contribution in [0.1, 0.15) is 23.9 Å². The molecule has 0 saturated heterocycles. The van der Waals surface area contributed by atoms with Crippen molar-refractivity contribution in [3.8, 4) is 5.69 Å². The molecule has 0 spiro atoms. The van der Waals surface area contributed by atoms with Gasteiger partial charge in [0.1, 0.15) is 5.69 Å². The maximum atomic E-state index is 9.19. The Morgan fingerprint density at radius 3 is 2.76 bits per heavy atom. The predicted octanol–water partition coefficient (Wildman–Crippen LogP) is 2.28. The van der Waals surface area contributed by atoms with Crippen LogP contribution < -0.4 is 0 Å². The maximum absolute atomic E-state index is 9.19. The molecule has 1 N–H and O–H groups in total. The third-order valence-corrected chi connectivity index (χ3v) is 2.95. The topological polar surface area (TPSA) is 50.9 Å². The summed E-state index contributed by atoms with van der Waals surface area (Å²) >= 11 is 5.93. The first-order valence-corrected chi connectivity index (χ1v) is 5.86. The van der Waals surface area contributed by atoms with Crippen LogP contribution in [0.3, 0.4) is 0 Å². The van der Waals surface area contributed by atoms with Crippen LogP contribution in [0.25, 0.3) is 5.69 Å². The Morgan fingerprint density at radius 2 is 2.18 bits per heavy atom. The number of rotatable bonds is 3. The number of benzene rings is 1. The molecular weight excluding hydrogens is 238 g/mol. The van der Waals surface area contributed by atoms with E-state index in [1.807, 2.05) is 32.0 Å². The molecule has 2 aromatic rings. The summed E-state index contributed by atoms with van der Waals surface area (Å²) in [6.45, 7) is 3.90. The van der Waals surface area contributed by atoms with Gasteiger partial charge in [-0.3, -0.25) is 0 Å². The first-order valence-electron chi connectivity index (χ1n) is 5.48. The SMILES string of the molecule is CCc1c(CO)nnn1-c1ccc(Cl)cc1C. The van der Waals surface area contributed by atoms with Crippen molar-refractivity contribution in [1.29, 1.82) is 0 Å². The molecule has 1 heterocycles. The molecule has 90 valence electrons. The van der Waals surface area contributed by atoms with Crippen molar-refractivity contribution in [2.45, 2.75) is 26.9 Å². The van der Waals surface area contributed by atoms with E-state index in [4.69, 9.17) is 11.6 Å². The zero-order chi connectivity index (χ0) is 12.4. The molecule has 4 nitrogen and oxygen atoms in total. The summed E-state index contributed by atoms with van der Waals surface area (Å²) in [5.74, 6) is 0. The van der Waals surface area contributed by atoms with E-state index in [9.17, 15) is 5.11 Å². The van der Waals surface area contributed by atoms with E-state index in [-0.39, 0.29) is 6.61 Å². The highest BCUT2D eigenvalue weighted by molar-refractivity contribution is 6.30. The Labute approximate surface area is 105 Å². The lowest BCUT2D eigenvalue weighted by Gasteiger charge is -2.08. The molecule has 0 aliphatic rings. The van der Waals surface area contributed by atoms with E-state index in [1.54, 1.807) is 4.68 Å². The van der Waals surface area contributed by atoms with E-state index >= 15 is 0 Å². The van der Waals surface area contributed by atoms with Crippen molar-refractivity contribution in [2.75, 3.05) is 0 Å². The molecule has 0 radical (unpaired) electrons. The standard InChI is InChI=1S/C12H14ClN3O/c1-3-11-10(7-17)14-15-16(11)12-5-4-9(13)6-8(12)2/h4-6,17H,3,7H2,1-2H3. The van der Waals surface area contributed by atoms with Crippen molar-refractivity contribution >= 4 is 11.6 Å². The number of halogens is 1. The van der Waals surface area contributed by atoms with Crippen molar-refractivity contribution in [3.05, 3.63) is 40.2 Å². The quantitative estimate of drug-likeness (QED) is 0.911. The van der Waals surface area contributed by atoms with Crippen LogP contribution in [-0.4, -0.2) is 20.1 Å². The molecule has 1 aromatic carbocycles. The van der Waals surface area contributed by atoms with Crippen LogP contribution in [0.2, 0.25) is 5.02 Å². The second-order valence-electron chi connectivity index (χ2n) is 3.84. The summed E-state index contributed by atoms with van der Waals surface area (Å²) in [6.07, 6.45) is 0.769. The minimum atomic E-state index is -0.0875. The average molecular weight is 252 g/mol. The first kappa shape index (κ1) is 12.1. The van der Waals surface area contributed by atoms with Gasteiger partial charge in [-0.2, -0.15) is 0 Å². The Hall–Kier alpha value is -1.39. The van der Waals surface area contributed by atoms with E-state index in [0.717, 1.165) is 23.4 Å². The Balaban J connectivity index is 2.56. The number of hydrogen-bond donors (Lipinski definition) is 1. The zero-order valence-electron chi connectivity index (χ0n) is 9.81. The lowest BCUT2D eigenvalue weighted by Crippen LogP contribution is -2.04. The second kappa shape index (κ2) is 4.85. The zero-order valence-corrected chi connectivity index (χ0v) is 10.6. The molecule has 0 atom stereocenters. The molecule has 0 unspecified atom stereocenters. The molecule has 0 amide bonds. The van der Waals surface area contributed by atoms with Crippen molar-refractivity contribution in [1.82, 2.24) is 15.0 Å². The van der Waals surface area contributed by atoms with Crippen LogP contribution in [0.15, 0.2) is 18.2 Å². The van der Waals surface area contributed by atoms with Crippen LogP contribution >= 0.6 is 11.6 Å². The highest BCUT2D eigenvalue weighted by Gasteiger charge is 2.13. The van der Waals surface area contributed by atoms with Gasteiger partial charge in [0.25, 0.3) is 0 Å². The third kappa shape index (κ3) is 2.18. The molecule has 5 heteroatoms. The highest BCUT2D eigenvalue weighted by Crippen LogP contribution is 2.20. The number of aliphatic hydroxyl groups is 1. The van der Waals surface area contributed by atoms with Crippen molar-refractivity contribution < 1.29 is 5.11 Å². The fraction of sp³-hybridized carbons (Fsp3) is 0.333. The van der Waals surface area contributed by atoms with Crippen LogP contribution in [0.5, 0.6) is 0 Å². The monoisotopic (exact) mass is 251 g/mol. The van der Waals surface area contributed by atoms with Gasteiger partial charge in [0.05, 0.1) is 18.0 Å². The maximum Gasteiger partial charge on any atom is 0.112 e. The largest absolute Gasteiger partial charge is 0.390 e. The molecule has 0 fully saturated rings. The summed E-state index contributed by atoms with van der Waals surface area (Å²) in [5.41, 5.74) is 3.53. The van der Waals surface area contributed by atoms with E-state index in [1.165, 1.54) is 0 Å². The molecule has 0 saturated carbocycles. The Morgan fingerprint density at radius 1 is 1.41 bits per heavy atom. The lowest BCUT2D eigenvalue weighted by atomic mass is 10.2. The fourth-order valence-electron chi connectivity index (χ4n) is 1.86. The summed E-state index contributed by atoms with van der Waals surface area (Å²) in [7, 11) is 0. The van der Waals surface area contributed by atoms with E-state index in [0.29, 0.717) is 10.7 Å². The molecule has 2 rings (SSSR count). The number of hydrogen-bond acceptors (Lipinski definition) is 3. The van der Waals surface area contributed by atoms with Crippen LogP contribution in [0.4, 0.5) is 0 Å². The minimum absolute atomic E-state index is 0.0875. The van der Waals surface area contributed by atoms with E-state index < -0.39 is 0 Å². The number of nitrogens with zero attached hydrogens (tertiary/aromatic N) is 3. The molecule has 0 aliphatic heterocycles. The molecular formula is C12H14ClN3O. The molecule has 1 aromatic heterocycles. The number of aliphatic hydroxyl groups excluding tert-OH is 1. The summed E-state index contributed by atoms with van der Waals surface area (Å²) in [5, 5.41) is 17.9. The summed E-state index contributed by atoms with van der Waals surface area (Å²) in [6, 6.07) is 5.62. The Bertz CT molecular complexity index is 537. The molecule has 0 bridgehead atoms. The summed E-state index contributed by atoms with van der Waals surface area (Å²) in [4.78, 5) is 0. The van der Waals surface area contributed by atoms with Gasteiger partial charge >= 0.3 is 0 Å². The Kier molecular flexibility index (Phi) is 3.45. The normalized spacial score (nSPS) is 10.8. The smallest absolute Gasteiger partial charge is 0.112 e. The number of aromatic nitrogens is 3. The van der Waals surface area contributed by atoms with Gasteiger partial charge in [-0.25, -0.2) is 4.68 Å². The van der Waals surface area contributed by atoms with Gasteiger partial charge in [-0.1, -0.05) is 23.7 Å². The van der Waals surface area contributed by atoms with Crippen molar-refractivity contribution in [3.63, 3.8) is 0 Å². The van der Waals surface area contributed by atoms with E-state index in [2.05, 4.69) is 10.3 Å². The minimum Gasteiger partial charge on any atom is -0.390 e. The third-order valence-electron chi connectivity index (χ3n) is 2.72. The van der Waals surface area contributed by atoms with Gasteiger partial charge in [-0.05, 0) is 37.1 Å². The van der Waals surface area contributed by atoms with Gasteiger partial charge in [0, 0.05) is 5.02 Å². The number of aryl methyl sites for hydroxylation is 1. The van der Waals surface area contributed by atoms with Gasteiger partial charge in [-0.15, -0.1) is 5.10 Å². The van der Waals surface area contributed by atoms with Gasteiger partial charge in [0.2, 0.25) is 0 Å². The highest BCUT2D eigenvalue weighted by atomic mass is 35.5. The van der Waals surface area contributed by atoms with Crippen LogP contribution in [0, 0.1) is 6.92 Å². The summed E-state index contributed by atoms with van der Waals surface area (Å²) < 4.78 is 1.76.